The van der Waals surface area contributed by atoms with E-state index in [1.165, 1.54) is 12.0 Å². The zero-order valence-corrected chi connectivity index (χ0v) is 28.4. The van der Waals surface area contributed by atoms with Crippen molar-refractivity contribution < 1.29 is 34.4 Å². The van der Waals surface area contributed by atoms with Gasteiger partial charge in [-0.25, -0.2) is 4.79 Å². The predicted molar refractivity (Wildman–Crippen MR) is 176 cm³/mol. The summed E-state index contributed by atoms with van der Waals surface area (Å²) < 4.78 is 12.5. The number of aliphatic hydroxyl groups excluding tert-OH is 2. The van der Waals surface area contributed by atoms with Gasteiger partial charge in [-0.3, -0.25) is 4.79 Å². The lowest BCUT2D eigenvalue weighted by Gasteiger charge is -2.42. The first-order valence-corrected chi connectivity index (χ1v) is 18.0. The number of carboxylic acid groups (broad SMARTS) is 1. The molecule has 0 spiro atoms. The molecule has 1 aromatic carbocycles. The molecule has 0 amide bonds. The number of rotatable bonds is 15. The Morgan fingerprint density at radius 2 is 1.76 bits per heavy atom. The summed E-state index contributed by atoms with van der Waals surface area (Å²) in [5.74, 6) is 0.369. The van der Waals surface area contributed by atoms with Gasteiger partial charge >= 0.3 is 11.9 Å². The maximum atomic E-state index is 13.4. The minimum Gasteiger partial charge on any atom is -0.482 e. The van der Waals surface area contributed by atoms with Crippen molar-refractivity contribution in [1.29, 1.82) is 0 Å². The van der Waals surface area contributed by atoms with Gasteiger partial charge in [0.15, 0.2) is 6.61 Å². The molecule has 3 N–H and O–H groups in total. The standard InChI is InChI=1S/C38H60O7/c1-5-6-10-15-29(39)17-18-30-31-21-27-14-13-16-34(32(27)22-28(31)23-33(30)40)44-25-35(41)45-38(19-11-8-7-9-12-20-38)26(2)24-37(3,4)36(42)43/h13-14,16,26,28-31,33,39-40H,5-12,15,17-25H2,1-4H3,(H,42,43)/t26?,28-,29-,30+,31-,33+/m0/s1. The summed E-state index contributed by atoms with van der Waals surface area (Å²) in [5, 5.41) is 31.3. The third-order valence-corrected chi connectivity index (χ3v) is 11.5. The summed E-state index contributed by atoms with van der Waals surface area (Å²) in [5.41, 5.74) is 0.775. The third-order valence-electron chi connectivity index (χ3n) is 11.5. The molecule has 7 heteroatoms. The Bertz CT molecular complexity index is 1110. The van der Waals surface area contributed by atoms with E-state index < -0.39 is 23.0 Å². The van der Waals surface area contributed by atoms with Crippen LogP contribution in [0.3, 0.4) is 0 Å². The van der Waals surface area contributed by atoms with Crippen LogP contribution in [0, 0.1) is 29.1 Å². The molecule has 6 atom stereocenters. The zero-order valence-electron chi connectivity index (χ0n) is 28.4. The van der Waals surface area contributed by atoms with E-state index in [9.17, 15) is 24.9 Å². The number of carbonyl (C=O) groups excluding carboxylic acids is 1. The van der Waals surface area contributed by atoms with Gasteiger partial charge in [0.25, 0.3) is 0 Å². The third kappa shape index (κ3) is 9.24. The van der Waals surface area contributed by atoms with Crippen molar-refractivity contribution in [3.8, 4) is 5.75 Å². The Morgan fingerprint density at radius 3 is 2.44 bits per heavy atom. The molecule has 0 aromatic heterocycles. The molecule has 2 fully saturated rings. The van der Waals surface area contributed by atoms with Crippen LogP contribution in [0.5, 0.6) is 5.75 Å². The van der Waals surface area contributed by atoms with Crippen molar-refractivity contribution in [3.63, 3.8) is 0 Å². The number of hydrogen-bond donors (Lipinski definition) is 3. The van der Waals surface area contributed by atoms with E-state index in [1.807, 2.05) is 19.1 Å². The van der Waals surface area contributed by atoms with Crippen molar-refractivity contribution in [2.45, 2.75) is 155 Å². The van der Waals surface area contributed by atoms with Gasteiger partial charge in [0.2, 0.25) is 0 Å². The summed E-state index contributed by atoms with van der Waals surface area (Å²) in [6.45, 7) is 7.54. The van der Waals surface area contributed by atoms with Gasteiger partial charge in [0.1, 0.15) is 11.4 Å². The van der Waals surface area contributed by atoms with Crippen molar-refractivity contribution in [2.24, 2.45) is 29.1 Å². The first-order chi connectivity index (χ1) is 21.5. The number of esters is 1. The molecular formula is C38H60O7. The molecular weight excluding hydrogens is 568 g/mol. The molecule has 1 aromatic rings. The van der Waals surface area contributed by atoms with Crippen LogP contribution in [0.15, 0.2) is 18.2 Å². The Morgan fingerprint density at radius 1 is 1.04 bits per heavy atom. The number of aliphatic hydroxyl groups is 2. The second kappa shape index (κ2) is 16.1. The number of benzene rings is 1. The van der Waals surface area contributed by atoms with Gasteiger partial charge in [-0.2, -0.15) is 0 Å². The highest BCUT2D eigenvalue weighted by Crippen LogP contribution is 2.48. The summed E-state index contributed by atoms with van der Waals surface area (Å²) >= 11 is 0. The van der Waals surface area contributed by atoms with E-state index >= 15 is 0 Å². The first kappa shape index (κ1) is 35.7. The molecule has 0 aliphatic heterocycles. The Hall–Kier alpha value is -2.12. The second-order valence-corrected chi connectivity index (χ2v) is 15.3. The predicted octanol–water partition coefficient (Wildman–Crippen LogP) is 7.66. The number of aliphatic carboxylic acids is 1. The largest absolute Gasteiger partial charge is 0.482 e. The zero-order chi connectivity index (χ0) is 32.6. The van der Waals surface area contributed by atoms with E-state index in [4.69, 9.17) is 9.47 Å². The summed E-state index contributed by atoms with van der Waals surface area (Å²) in [6, 6.07) is 6.07. The van der Waals surface area contributed by atoms with E-state index in [0.717, 1.165) is 108 Å². The van der Waals surface area contributed by atoms with Crippen molar-refractivity contribution >= 4 is 11.9 Å². The summed E-state index contributed by atoms with van der Waals surface area (Å²) in [6.07, 6.45) is 14.9. The number of hydrogen-bond acceptors (Lipinski definition) is 6. The SMILES string of the molecule is CCCCC[C@H](O)CC[C@@H]1[C@H]2Cc3cccc(OCC(=O)OC4(C(C)CC(C)(C)C(=O)O)CCCCCCC4)c3C[C@H]2C[C@H]1O. The van der Waals surface area contributed by atoms with Crippen molar-refractivity contribution in [1.82, 2.24) is 0 Å². The van der Waals surface area contributed by atoms with Gasteiger partial charge in [0.05, 0.1) is 17.6 Å². The molecule has 7 nitrogen and oxygen atoms in total. The minimum atomic E-state index is -0.903. The van der Waals surface area contributed by atoms with E-state index in [-0.39, 0.29) is 30.7 Å². The Kier molecular flexibility index (Phi) is 12.8. The lowest BCUT2D eigenvalue weighted by Crippen LogP contribution is -2.45. The monoisotopic (exact) mass is 628 g/mol. The number of carbonyl (C=O) groups is 2. The van der Waals surface area contributed by atoms with Crippen LogP contribution in [0.25, 0.3) is 0 Å². The molecule has 0 saturated heterocycles. The van der Waals surface area contributed by atoms with Gasteiger partial charge in [-0.05, 0) is 125 Å². The molecule has 3 aliphatic rings. The van der Waals surface area contributed by atoms with Crippen molar-refractivity contribution in [2.75, 3.05) is 6.61 Å². The normalized spacial score (nSPS) is 26.1. The highest BCUT2D eigenvalue weighted by Gasteiger charge is 2.46. The first-order valence-electron chi connectivity index (χ1n) is 18.0. The van der Waals surface area contributed by atoms with Gasteiger partial charge < -0.3 is 24.8 Å². The van der Waals surface area contributed by atoms with Crippen LogP contribution >= 0.6 is 0 Å². The smallest absolute Gasteiger partial charge is 0.344 e. The second-order valence-electron chi connectivity index (χ2n) is 15.3. The molecule has 0 heterocycles. The topological polar surface area (TPSA) is 113 Å². The van der Waals surface area contributed by atoms with Gasteiger partial charge in [0, 0.05) is 0 Å². The molecule has 1 unspecified atom stereocenters. The maximum absolute atomic E-state index is 13.4. The van der Waals surface area contributed by atoms with Crippen LogP contribution in [-0.4, -0.2) is 51.7 Å². The molecule has 2 saturated carbocycles. The fraction of sp³-hybridized carbons (Fsp3) is 0.789. The molecule has 3 aliphatic carbocycles. The number of unbranched alkanes of at least 4 members (excludes halogenated alkanes) is 2. The highest BCUT2D eigenvalue weighted by atomic mass is 16.6. The van der Waals surface area contributed by atoms with Crippen LogP contribution in [0.1, 0.15) is 135 Å². The van der Waals surface area contributed by atoms with E-state index in [0.29, 0.717) is 18.3 Å². The van der Waals surface area contributed by atoms with E-state index in [2.05, 4.69) is 13.0 Å². The molecule has 45 heavy (non-hydrogen) atoms. The molecule has 254 valence electrons. The molecule has 4 rings (SSSR count). The minimum absolute atomic E-state index is 0.0914. The Balaban J connectivity index is 1.39. The van der Waals surface area contributed by atoms with Crippen molar-refractivity contribution in [3.05, 3.63) is 29.3 Å². The molecule has 0 bridgehead atoms. The maximum Gasteiger partial charge on any atom is 0.344 e. The van der Waals surface area contributed by atoms with Crippen LogP contribution < -0.4 is 4.74 Å². The molecule has 0 radical (unpaired) electrons. The fourth-order valence-electron chi connectivity index (χ4n) is 8.73. The van der Waals surface area contributed by atoms with E-state index in [1.54, 1.807) is 13.8 Å². The van der Waals surface area contributed by atoms with Gasteiger partial charge in [-0.1, -0.05) is 64.5 Å². The van der Waals surface area contributed by atoms with Crippen LogP contribution in [0.4, 0.5) is 0 Å². The van der Waals surface area contributed by atoms with Gasteiger partial charge in [-0.15, -0.1) is 0 Å². The number of ether oxygens (including phenoxy) is 2. The lowest BCUT2D eigenvalue weighted by molar-refractivity contribution is -0.174. The highest BCUT2D eigenvalue weighted by molar-refractivity contribution is 5.74. The quantitative estimate of drug-likeness (QED) is 0.135. The van der Waals surface area contributed by atoms with Crippen LogP contribution in [-0.2, 0) is 27.2 Å². The summed E-state index contributed by atoms with van der Waals surface area (Å²) in [4.78, 5) is 25.3. The summed E-state index contributed by atoms with van der Waals surface area (Å²) in [7, 11) is 0. The number of carboxylic acids is 1. The average Bonchev–Trinajstić information content (AvgIpc) is 3.28. The fourth-order valence-corrected chi connectivity index (χ4v) is 8.73. The lowest BCUT2D eigenvalue weighted by atomic mass is 9.71. The van der Waals surface area contributed by atoms with Crippen LogP contribution in [0.2, 0.25) is 0 Å². The number of fused-ring (bicyclic) bond motifs is 2. The Labute approximate surface area is 271 Å². The average molecular weight is 629 g/mol.